The highest BCUT2D eigenvalue weighted by Gasteiger charge is 2.27. The number of ether oxygens (including phenoxy) is 2. The van der Waals surface area contributed by atoms with Crippen LogP contribution in [0.2, 0.25) is 0 Å². The van der Waals surface area contributed by atoms with Crippen molar-refractivity contribution in [1.82, 2.24) is 0 Å². The van der Waals surface area contributed by atoms with Gasteiger partial charge in [-0.25, -0.2) is 9.59 Å². The molecule has 4 heteroatoms. The van der Waals surface area contributed by atoms with Crippen molar-refractivity contribution in [3.8, 4) is 11.5 Å². The highest BCUT2D eigenvalue weighted by molar-refractivity contribution is 5.84. The van der Waals surface area contributed by atoms with Gasteiger partial charge in [0.05, 0.1) is 0 Å². The van der Waals surface area contributed by atoms with Crippen LogP contribution in [-0.2, 0) is 15.0 Å². The second-order valence-electron chi connectivity index (χ2n) is 8.69. The van der Waals surface area contributed by atoms with Crippen molar-refractivity contribution in [1.29, 1.82) is 0 Å². The van der Waals surface area contributed by atoms with E-state index >= 15 is 0 Å². The third kappa shape index (κ3) is 5.52. The molecule has 0 aliphatic heterocycles. The van der Waals surface area contributed by atoms with Crippen LogP contribution in [0.4, 0.5) is 0 Å². The van der Waals surface area contributed by atoms with Crippen LogP contribution in [0.1, 0.15) is 75.6 Å². The van der Waals surface area contributed by atoms with Crippen LogP contribution in [0.5, 0.6) is 11.5 Å². The Morgan fingerprint density at radius 1 is 0.774 bits per heavy atom. The molecule has 2 rings (SSSR count). The molecule has 0 unspecified atom stereocenters. The van der Waals surface area contributed by atoms with E-state index in [0.717, 1.165) is 34.4 Å². The molecule has 0 amide bonds. The zero-order valence-corrected chi connectivity index (χ0v) is 19.3. The Morgan fingerprint density at radius 2 is 1.13 bits per heavy atom. The summed E-state index contributed by atoms with van der Waals surface area (Å²) in [5.74, 6) is 0.508. The van der Waals surface area contributed by atoms with Crippen LogP contribution in [0, 0.1) is 0 Å². The van der Waals surface area contributed by atoms with E-state index < -0.39 is 11.9 Å². The molecule has 0 N–H and O–H groups in total. The fraction of sp³-hybridized carbons (Fsp3) is 0.333. The molecule has 0 atom stereocenters. The maximum Gasteiger partial charge on any atom is 0.335 e. The van der Waals surface area contributed by atoms with E-state index in [4.69, 9.17) is 9.47 Å². The molecule has 0 heterocycles. The summed E-state index contributed by atoms with van der Waals surface area (Å²) < 4.78 is 10.9. The molecule has 0 aliphatic carbocycles. The molecule has 2 aromatic carbocycles. The lowest BCUT2D eigenvalue weighted by molar-refractivity contribution is -0.129. The maximum absolute atomic E-state index is 11.7. The lowest BCUT2D eigenvalue weighted by atomic mass is 9.76. The molecule has 0 fully saturated rings. The SMILES string of the molecule is C=CC(=O)Oc1ccc(C(C)(C)c2ccc(OC(=O)C=C)c(C(C)C)c2)cc1C(C)C. The number of benzene rings is 2. The predicted molar refractivity (Wildman–Crippen MR) is 125 cm³/mol. The number of carbonyl (C=O) groups is 2. The smallest absolute Gasteiger partial charge is 0.335 e. The second-order valence-corrected chi connectivity index (χ2v) is 8.69. The van der Waals surface area contributed by atoms with E-state index in [2.05, 4.69) is 66.8 Å². The Bertz CT molecular complexity index is 917. The minimum atomic E-state index is -0.472. The molecular formula is C27H32O4. The topological polar surface area (TPSA) is 52.6 Å². The van der Waals surface area contributed by atoms with Crippen LogP contribution in [0.25, 0.3) is 0 Å². The van der Waals surface area contributed by atoms with Gasteiger partial charge in [0.25, 0.3) is 0 Å². The van der Waals surface area contributed by atoms with E-state index in [1.165, 1.54) is 0 Å². The van der Waals surface area contributed by atoms with Crippen molar-refractivity contribution >= 4 is 11.9 Å². The third-order valence-corrected chi connectivity index (χ3v) is 5.46. The molecule has 0 aromatic heterocycles. The number of hydrogen-bond acceptors (Lipinski definition) is 4. The lowest BCUT2D eigenvalue weighted by Crippen LogP contribution is -2.20. The fourth-order valence-corrected chi connectivity index (χ4v) is 3.43. The van der Waals surface area contributed by atoms with Gasteiger partial charge in [-0.1, -0.05) is 79.0 Å². The molecular weight excluding hydrogens is 388 g/mol. The summed E-state index contributed by atoms with van der Waals surface area (Å²) in [4.78, 5) is 23.4. The average molecular weight is 421 g/mol. The Labute approximate surface area is 185 Å². The van der Waals surface area contributed by atoms with E-state index in [0.29, 0.717) is 11.5 Å². The first-order valence-corrected chi connectivity index (χ1v) is 10.5. The van der Waals surface area contributed by atoms with Gasteiger partial charge < -0.3 is 9.47 Å². The molecule has 31 heavy (non-hydrogen) atoms. The third-order valence-electron chi connectivity index (χ3n) is 5.46. The second kappa shape index (κ2) is 9.78. The summed E-state index contributed by atoms with van der Waals surface area (Å²) >= 11 is 0. The Balaban J connectivity index is 2.53. The normalized spacial score (nSPS) is 11.4. The fourth-order valence-electron chi connectivity index (χ4n) is 3.43. The van der Waals surface area contributed by atoms with Crippen LogP contribution in [0.3, 0.4) is 0 Å². The van der Waals surface area contributed by atoms with Gasteiger partial charge in [0, 0.05) is 17.6 Å². The maximum atomic E-state index is 11.7. The lowest BCUT2D eigenvalue weighted by Gasteiger charge is -2.29. The Hall–Kier alpha value is -3.14. The van der Waals surface area contributed by atoms with E-state index in [9.17, 15) is 9.59 Å². The first-order chi connectivity index (χ1) is 14.5. The molecule has 0 saturated carbocycles. The summed E-state index contributed by atoms with van der Waals surface area (Å²) in [5, 5.41) is 0. The summed E-state index contributed by atoms with van der Waals surface area (Å²) in [7, 11) is 0. The van der Waals surface area contributed by atoms with Crippen LogP contribution in [0.15, 0.2) is 61.7 Å². The van der Waals surface area contributed by atoms with E-state index in [1.807, 2.05) is 24.3 Å². The summed E-state index contributed by atoms with van der Waals surface area (Å²) in [6, 6.07) is 11.8. The van der Waals surface area contributed by atoms with Gasteiger partial charge in [-0.15, -0.1) is 0 Å². The quantitative estimate of drug-likeness (QED) is 0.280. The van der Waals surface area contributed by atoms with Crippen molar-refractivity contribution in [2.24, 2.45) is 0 Å². The molecule has 4 nitrogen and oxygen atoms in total. The number of rotatable bonds is 8. The summed E-state index contributed by atoms with van der Waals surface area (Å²) in [6.07, 6.45) is 2.33. The van der Waals surface area contributed by atoms with Crippen LogP contribution >= 0.6 is 0 Å². The van der Waals surface area contributed by atoms with Crippen molar-refractivity contribution in [3.63, 3.8) is 0 Å². The number of esters is 2. The Kier molecular flexibility index (Phi) is 7.61. The van der Waals surface area contributed by atoms with Crippen molar-refractivity contribution in [3.05, 3.63) is 84.0 Å². The summed E-state index contributed by atoms with van der Waals surface area (Å²) in [5.41, 5.74) is 3.79. The standard InChI is InChI=1S/C27H32O4/c1-9-25(28)30-23-13-11-19(15-21(23)17(3)4)27(7,8)20-12-14-24(31-26(29)10-2)22(16-20)18(5)6/h9-18H,1-2H2,3-8H3. The minimum absolute atomic E-state index is 0.176. The van der Waals surface area contributed by atoms with E-state index in [-0.39, 0.29) is 17.3 Å². The zero-order valence-electron chi connectivity index (χ0n) is 19.3. The molecule has 164 valence electrons. The monoisotopic (exact) mass is 420 g/mol. The highest BCUT2D eigenvalue weighted by Crippen LogP contribution is 2.39. The number of hydrogen-bond donors (Lipinski definition) is 0. The van der Waals surface area contributed by atoms with Crippen LogP contribution < -0.4 is 9.47 Å². The predicted octanol–water partition coefficient (Wildman–Crippen LogP) is 6.44. The molecule has 0 bridgehead atoms. The van der Waals surface area contributed by atoms with Crippen molar-refractivity contribution in [2.45, 2.75) is 58.8 Å². The molecule has 0 saturated heterocycles. The van der Waals surface area contributed by atoms with Gasteiger partial charge in [-0.05, 0) is 46.2 Å². The molecule has 0 aliphatic rings. The Morgan fingerprint density at radius 3 is 1.42 bits per heavy atom. The van der Waals surface area contributed by atoms with Crippen molar-refractivity contribution in [2.75, 3.05) is 0 Å². The van der Waals surface area contributed by atoms with Gasteiger partial charge >= 0.3 is 11.9 Å². The molecule has 0 radical (unpaired) electrons. The minimum Gasteiger partial charge on any atom is -0.423 e. The largest absolute Gasteiger partial charge is 0.423 e. The first-order valence-electron chi connectivity index (χ1n) is 10.5. The van der Waals surface area contributed by atoms with Gasteiger partial charge in [0.1, 0.15) is 11.5 Å². The van der Waals surface area contributed by atoms with Gasteiger partial charge in [-0.3, -0.25) is 0 Å². The van der Waals surface area contributed by atoms with E-state index in [1.54, 1.807) is 0 Å². The van der Waals surface area contributed by atoms with Gasteiger partial charge in [0.15, 0.2) is 0 Å². The van der Waals surface area contributed by atoms with Crippen molar-refractivity contribution < 1.29 is 19.1 Å². The molecule has 2 aromatic rings. The molecule has 0 spiro atoms. The average Bonchev–Trinajstić information content (AvgIpc) is 2.73. The van der Waals surface area contributed by atoms with Gasteiger partial charge in [0.2, 0.25) is 0 Å². The number of carbonyl (C=O) groups excluding carboxylic acids is 2. The first kappa shape index (κ1) is 24.1. The highest BCUT2D eigenvalue weighted by atomic mass is 16.5. The zero-order chi connectivity index (χ0) is 23.3. The van der Waals surface area contributed by atoms with Crippen LogP contribution in [-0.4, -0.2) is 11.9 Å². The summed E-state index contributed by atoms with van der Waals surface area (Å²) in [6.45, 7) is 19.5. The van der Waals surface area contributed by atoms with Gasteiger partial charge in [-0.2, -0.15) is 0 Å².